The first-order valence-corrected chi connectivity index (χ1v) is 7.13. The third-order valence-corrected chi connectivity index (χ3v) is 4.62. The van der Waals surface area contributed by atoms with E-state index in [1.807, 2.05) is 17.9 Å². The molecule has 2 rings (SSSR count). The van der Waals surface area contributed by atoms with Crippen molar-refractivity contribution in [3.63, 3.8) is 0 Å². The van der Waals surface area contributed by atoms with Crippen LogP contribution in [0.4, 0.5) is 0 Å². The molecule has 2 heterocycles. The molecule has 102 valence electrons. The smallest absolute Gasteiger partial charge is 0.0538 e. The number of hydrogen-bond acceptors (Lipinski definition) is 3. The van der Waals surface area contributed by atoms with Crippen LogP contribution in [-0.2, 0) is 7.05 Å². The Hall–Kier alpha value is -0.870. The fraction of sp³-hybridized carbons (Fsp3) is 0.786. The summed E-state index contributed by atoms with van der Waals surface area (Å²) < 4.78 is 1.84. The van der Waals surface area contributed by atoms with Gasteiger partial charge in [-0.3, -0.25) is 9.58 Å². The molecule has 0 bridgehead atoms. The van der Waals surface area contributed by atoms with Crippen molar-refractivity contribution in [2.24, 2.45) is 12.8 Å². The molecule has 18 heavy (non-hydrogen) atoms. The minimum atomic E-state index is 0.0549. The van der Waals surface area contributed by atoms with Crippen LogP contribution in [-0.4, -0.2) is 33.3 Å². The Balaban J connectivity index is 2.28. The molecule has 0 saturated carbocycles. The topological polar surface area (TPSA) is 47.1 Å². The van der Waals surface area contributed by atoms with Gasteiger partial charge in [0.05, 0.1) is 12.2 Å². The molecular weight excluding hydrogens is 224 g/mol. The largest absolute Gasteiger partial charge is 0.322 e. The summed E-state index contributed by atoms with van der Waals surface area (Å²) in [6.45, 7) is 6.90. The number of rotatable bonds is 5. The molecule has 0 radical (unpaired) electrons. The number of aromatic nitrogens is 2. The molecular formula is C14H26N4. The molecule has 2 N–H and O–H groups in total. The maximum absolute atomic E-state index is 6.59. The van der Waals surface area contributed by atoms with Crippen LogP contribution in [0.2, 0.25) is 0 Å². The Labute approximate surface area is 110 Å². The molecule has 4 heteroatoms. The first-order valence-electron chi connectivity index (χ1n) is 7.13. The Morgan fingerprint density at radius 1 is 1.33 bits per heavy atom. The van der Waals surface area contributed by atoms with Crippen LogP contribution in [0, 0.1) is 0 Å². The van der Waals surface area contributed by atoms with E-state index in [4.69, 9.17) is 5.73 Å². The number of hydrogen-bond donors (Lipinski definition) is 1. The molecule has 1 aliphatic rings. The first-order chi connectivity index (χ1) is 8.64. The van der Waals surface area contributed by atoms with Crippen molar-refractivity contribution in [3.05, 3.63) is 18.0 Å². The quantitative estimate of drug-likeness (QED) is 0.870. The molecule has 0 aromatic carbocycles. The van der Waals surface area contributed by atoms with Gasteiger partial charge in [-0.15, -0.1) is 0 Å². The van der Waals surface area contributed by atoms with Crippen molar-refractivity contribution in [1.29, 1.82) is 0 Å². The van der Waals surface area contributed by atoms with E-state index in [1.54, 1.807) is 0 Å². The van der Waals surface area contributed by atoms with Gasteiger partial charge in [-0.05, 0) is 38.8 Å². The Morgan fingerprint density at radius 3 is 2.39 bits per heavy atom. The highest BCUT2D eigenvalue weighted by Crippen LogP contribution is 2.37. The van der Waals surface area contributed by atoms with E-state index in [9.17, 15) is 0 Å². The number of nitrogens with two attached hydrogens (primary N) is 1. The minimum absolute atomic E-state index is 0.0549. The maximum Gasteiger partial charge on any atom is 0.0538 e. The summed E-state index contributed by atoms with van der Waals surface area (Å²) in [6, 6.07) is 0.0549. The van der Waals surface area contributed by atoms with Gasteiger partial charge in [0.25, 0.3) is 0 Å². The molecule has 0 amide bonds. The van der Waals surface area contributed by atoms with Gasteiger partial charge in [-0.1, -0.05) is 13.8 Å². The molecule has 4 nitrogen and oxygen atoms in total. The molecule has 1 aromatic heterocycles. The monoisotopic (exact) mass is 250 g/mol. The van der Waals surface area contributed by atoms with Crippen LogP contribution < -0.4 is 5.73 Å². The molecule has 1 aliphatic heterocycles. The van der Waals surface area contributed by atoms with Crippen LogP contribution in [0.25, 0.3) is 0 Å². The molecule has 1 atom stereocenters. The van der Waals surface area contributed by atoms with E-state index < -0.39 is 0 Å². The fourth-order valence-corrected chi connectivity index (χ4v) is 3.41. The summed E-state index contributed by atoms with van der Waals surface area (Å²) in [5.74, 6) is 0. The fourth-order valence-electron chi connectivity index (χ4n) is 3.41. The SMILES string of the molecule is CCC(CC)(C(N)c1cnn(C)c1)N1CCCC1. The predicted octanol–water partition coefficient (Wildman–Crippen LogP) is 2.07. The molecule has 1 saturated heterocycles. The second kappa shape index (κ2) is 5.41. The molecule has 1 fully saturated rings. The molecule has 1 aromatic rings. The number of nitrogens with zero attached hydrogens (tertiary/aromatic N) is 3. The van der Waals surface area contributed by atoms with Crippen LogP contribution in [0.15, 0.2) is 12.4 Å². The normalized spacial score (nSPS) is 19.3. The lowest BCUT2D eigenvalue weighted by atomic mass is 9.80. The van der Waals surface area contributed by atoms with Crippen molar-refractivity contribution >= 4 is 0 Å². The summed E-state index contributed by atoms with van der Waals surface area (Å²) in [4.78, 5) is 2.60. The van der Waals surface area contributed by atoms with Crippen molar-refractivity contribution in [3.8, 4) is 0 Å². The van der Waals surface area contributed by atoms with E-state index in [0.717, 1.165) is 18.4 Å². The lowest BCUT2D eigenvalue weighted by molar-refractivity contribution is 0.0766. The van der Waals surface area contributed by atoms with E-state index >= 15 is 0 Å². The van der Waals surface area contributed by atoms with Crippen molar-refractivity contribution in [1.82, 2.24) is 14.7 Å². The van der Waals surface area contributed by atoms with Crippen molar-refractivity contribution < 1.29 is 0 Å². The van der Waals surface area contributed by atoms with E-state index in [0.29, 0.717) is 0 Å². The van der Waals surface area contributed by atoms with Crippen LogP contribution >= 0.6 is 0 Å². The first kappa shape index (κ1) is 13.6. The highest BCUT2D eigenvalue weighted by Gasteiger charge is 2.41. The summed E-state index contributed by atoms with van der Waals surface area (Å²) in [5.41, 5.74) is 7.85. The number of likely N-dealkylation sites (tertiary alicyclic amines) is 1. The average molecular weight is 250 g/mol. The molecule has 1 unspecified atom stereocenters. The zero-order valence-corrected chi connectivity index (χ0v) is 11.9. The maximum atomic E-state index is 6.59. The van der Waals surface area contributed by atoms with Crippen LogP contribution in [0.3, 0.4) is 0 Å². The summed E-state index contributed by atoms with van der Waals surface area (Å²) >= 11 is 0. The third kappa shape index (κ3) is 2.19. The van der Waals surface area contributed by atoms with Crippen LogP contribution in [0.1, 0.15) is 51.1 Å². The van der Waals surface area contributed by atoms with Gasteiger partial charge in [0.15, 0.2) is 0 Å². The van der Waals surface area contributed by atoms with Gasteiger partial charge >= 0.3 is 0 Å². The van der Waals surface area contributed by atoms with E-state index in [-0.39, 0.29) is 11.6 Å². The van der Waals surface area contributed by atoms with E-state index in [1.165, 1.54) is 25.9 Å². The predicted molar refractivity (Wildman–Crippen MR) is 74.3 cm³/mol. The summed E-state index contributed by atoms with van der Waals surface area (Å²) in [5, 5.41) is 4.26. The van der Waals surface area contributed by atoms with Gasteiger partial charge in [0.1, 0.15) is 0 Å². The van der Waals surface area contributed by atoms with E-state index in [2.05, 4.69) is 30.0 Å². The second-order valence-corrected chi connectivity index (χ2v) is 5.43. The average Bonchev–Trinajstić information content (AvgIpc) is 3.03. The van der Waals surface area contributed by atoms with Crippen molar-refractivity contribution in [2.75, 3.05) is 13.1 Å². The van der Waals surface area contributed by atoms with Gasteiger partial charge in [0, 0.05) is 24.3 Å². The zero-order chi connectivity index (χ0) is 13.2. The second-order valence-electron chi connectivity index (χ2n) is 5.43. The van der Waals surface area contributed by atoms with Gasteiger partial charge in [-0.2, -0.15) is 5.10 Å². The Morgan fingerprint density at radius 2 is 1.94 bits per heavy atom. The number of aryl methyl sites for hydroxylation is 1. The highest BCUT2D eigenvalue weighted by molar-refractivity contribution is 5.17. The van der Waals surface area contributed by atoms with Gasteiger partial charge in [0.2, 0.25) is 0 Å². The lowest BCUT2D eigenvalue weighted by Gasteiger charge is -2.45. The van der Waals surface area contributed by atoms with Crippen LogP contribution in [0.5, 0.6) is 0 Å². The minimum Gasteiger partial charge on any atom is -0.322 e. The standard InChI is InChI=1S/C14H26N4/c1-4-14(5-2,18-8-6-7-9-18)13(15)12-10-16-17(3)11-12/h10-11,13H,4-9,15H2,1-3H3. The Bertz CT molecular complexity index is 375. The van der Waals surface area contributed by atoms with Gasteiger partial charge in [-0.25, -0.2) is 0 Å². The zero-order valence-electron chi connectivity index (χ0n) is 11.9. The van der Waals surface area contributed by atoms with Gasteiger partial charge < -0.3 is 5.73 Å². The summed E-state index contributed by atoms with van der Waals surface area (Å²) in [7, 11) is 1.95. The lowest BCUT2D eigenvalue weighted by Crippen LogP contribution is -2.53. The van der Waals surface area contributed by atoms with Crippen molar-refractivity contribution in [2.45, 2.75) is 51.1 Å². The third-order valence-electron chi connectivity index (χ3n) is 4.62. The molecule has 0 aliphatic carbocycles. The highest BCUT2D eigenvalue weighted by atomic mass is 15.3. The Kier molecular flexibility index (Phi) is 4.07. The molecule has 0 spiro atoms. The summed E-state index contributed by atoms with van der Waals surface area (Å²) in [6.07, 6.45) is 8.78.